The highest BCUT2D eigenvalue weighted by molar-refractivity contribution is 5.29. The molecule has 0 saturated carbocycles. The van der Waals surface area contributed by atoms with E-state index in [2.05, 4.69) is 13.5 Å². The molecule has 8 heteroatoms. The Balaban J connectivity index is 1.30. The van der Waals surface area contributed by atoms with Crippen LogP contribution in [-0.2, 0) is 28.4 Å². The maximum atomic E-state index is 6.61. The lowest BCUT2D eigenvalue weighted by atomic mass is 9.88. The second-order valence-electron chi connectivity index (χ2n) is 11.9. The zero-order valence-corrected chi connectivity index (χ0v) is 25.5. The summed E-state index contributed by atoms with van der Waals surface area (Å²) in [5, 5.41) is 0. The maximum absolute atomic E-state index is 6.61. The molecule has 0 N–H and O–H groups in total. The summed E-state index contributed by atoms with van der Waals surface area (Å²) >= 11 is 0. The molecule has 0 aliphatic carbocycles. The van der Waals surface area contributed by atoms with E-state index in [0.29, 0.717) is 6.61 Å². The lowest BCUT2D eigenvalue weighted by Gasteiger charge is -2.47. The standard InChI is InChI=1S/C34H46O8/c1-7-8-30-22(2)31(42-34(3,4)41-30)21-29-20-28(39-33(40-29)24-11-15-26(36-6)16-12-24)19-27-17-18-37-32(38-27)23-9-13-25(35-5)14-10-23/h7,9-16,22,27-33H,1,8,17-21H2,2-6H3/t22-,27-,28+,29+,30-,31+,32-,33+/m0/s1. The molecule has 3 fully saturated rings. The summed E-state index contributed by atoms with van der Waals surface area (Å²) < 4.78 is 49.0. The Labute approximate surface area is 250 Å². The first kappa shape index (κ1) is 31.0. The quantitative estimate of drug-likeness (QED) is 0.280. The highest BCUT2D eigenvalue weighted by Gasteiger charge is 2.43. The van der Waals surface area contributed by atoms with Gasteiger partial charge in [-0.2, -0.15) is 0 Å². The fourth-order valence-corrected chi connectivity index (χ4v) is 6.16. The van der Waals surface area contributed by atoms with Gasteiger partial charge in [-0.3, -0.25) is 0 Å². The number of rotatable bonds is 10. The molecule has 2 aromatic carbocycles. The van der Waals surface area contributed by atoms with Crippen LogP contribution >= 0.6 is 0 Å². The van der Waals surface area contributed by atoms with Crippen molar-refractivity contribution in [1.29, 1.82) is 0 Å². The Morgan fingerprint density at radius 2 is 1.33 bits per heavy atom. The predicted octanol–water partition coefficient (Wildman–Crippen LogP) is 6.89. The smallest absolute Gasteiger partial charge is 0.184 e. The van der Waals surface area contributed by atoms with Crippen LogP contribution in [0, 0.1) is 5.92 Å². The van der Waals surface area contributed by atoms with Crippen molar-refractivity contribution in [2.24, 2.45) is 5.92 Å². The minimum absolute atomic E-state index is 0.000258. The van der Waals surface area contributed by atoms with Crippen LogP contribution in [0.5, 0.6) is 11.5 Å². The first-order valence-electron chi connectivity index (χ1n) is 15.1. The average molecular weight is 583 g/mol. The van der Waals surface area contributed by atoms with E-state index in [9.17, 15) is 0 Å². The number of hydrogen-bond donors (Lipinski definition) is 0. The van der Waals surface area contributed by atoms with Gasteiger partial charge in [-0.1, -0.05) is 37.3 Å². The second-order valence-corrected chi connectivity index (χ2v) is 11.9. The summed E-state index contributed by atoms with van der Waals surface area (Å²) in [6, 6.07) is 15.7. The molecule has 3 saturated heterocycles. The monoisotopic (exact) mass is 582 g/mol. The molecule has 3 heterocycles. The molecule has 5 rings (SSSR count). The Kier molecular flexibility index (Phi) is 10.2. The summed E-state index contributed by atoms with van der Waals surface area (Å²) in [6.07, 6.45) is 4.78. The lowest BCUT2D eigenvalue weighted by molar-refractivity contribution is -0.328. The molecule has 3 aliphatic rings. The largest absolute Gasteiger partial charge is 0.497 e. The Bertz CT molecular complexity index is 1130. The van der Waals surface area contributed by atoms with Crippen molar-refractivity contribution in [3.8, 4) is 11.5 Å². The van der Waals surface area contributed by atoms with Crippen molar-refractivity contribution < 1.29 is 37.9 Å². The van der Waals surface area contributed by atoms with Crippen LogP contribution in [0.15, 0.2) is 61.2 Å². The number of benzene rings is 2. The van der Waals surface area contributed by atoms with Gasteiger partial charge in [0.2, 0.25) is 0 Å². The minimum atomic E-state index is -0.669. The molecule has 42 heavy (non-hydrogen) atoms. The number of hydrogen-bond acceptors (Lipinski definition) is 8. The van der Waals surface area contributed by atoms with Crippen LogP contribution in [-0.4, -0.2) is 57.1 Å². The van der Waals surface area contributed by atoms with Gasteiger partial charge in [0.1, 0.15) is 11.5 Å². The van der Waals surface area contributed by atoms with Gasteiger partial charge in [-0.25, -0.2) is 0 Å². The normalized spacial score (nSPS) is 33.1. The Morgan fingerprint density at radius 3 is 1.93 bits per heavy atom. The maximum Gasteiger partial charge on any atom is 0.184 e. The van der Waals surface area contributed by atoms with Crippen molar-refractivity contribution in [1.82, 2.24) is 0 Å². The van der Waals surface area contributed by atoms with E-state index in [1.165, 1.54) is 0 Å². The molecule has 3 aliphatic heterocycles. The summed E-state index contributed by atoms with van der Waals surface area (Å²) in [4.78, 5) is 0. The Morgan fingerprint density at radius 1 is 0.786 bits per heavy atom. The van der Waals surface area contributed by atoms with E-state index >= 15 is 0 Å². The van der Waals surface area contributed by atoms with Gasteiger partial charge in [-0.05, 0) is 51.0 Å². The van der Waals surface area contributed by atoms with Gasteiger partial charge in [0.05, 0.1) is 51.3 Å². The first-order chi connectivity index (χ1) is 20.3. The van der Waals surface area contributed by atoms with Gasteiger partial charge in [0, 0.05) is 36.3 Å². The van der Waals surface area contributed by atoms with Crippen LogP contribution in [0.3, 0.4) is 0 Å². The average Bonchev–Trinajstić information content (AvgIpc) is 2.99. The van der Waals surface area contributed by atoms with Gasteiger partial charge in [-0.15, -0.1) is 6.58 Å². The lowest BCUT2D eigenvalue weighted by Crippen LogP contribution is -2.51. The summed E-state index contributed by atoms with van der Waals surface area (Å²) in [5.41, 5.74) is 1.94. The molecule has 0 unspecified atom stereocenters. The molecule has 8 nitrogen and oxygen atoms in total. The highest BCUT2D eigenvalue weighted by Crippen LogP contribution is 2.40. The fourth-order valence-electron chi connectivity index (χ4n) is 6.16. The van der Waals surface area contributed by atoms with Crippen LogP contribution in [0.25, 0.3) is 0 Å². The molecule has 0 bridgehead atoms. The molecule has 8 atom stereocenters. The van der Waals surface area contributed by atoms with Crippen LogP contribution < -0.4 is 9.47 Å². The van der Waals surface area contributed by atoms with Crippen LogP contribution in [0.1, 0.15) is 76.6 Å². The summed E-state index contributed by atoms with van der Waals surface area (Å²) in [5.74, 6) is 1.13. The van der Waals surface area contributed by atoms with Crippen molar-refractivity contribution in [3.05, 3.63) is 72.3 Å². The molecule has 0 aromatic heterocycles. The third kappa shape index (κ3) is 7.73. The van der Waals surface area contributed by atoms with Gasteiger partial charge in [0.25, 0.3) is 0 Å². The molecule has 230 valence electrons. The van der Waals surface area contributed by atoms with Gasteiger partial charge >= 0.3 is 0 Å². The van der Waals surface area contributed by atoms with Crippen molar-refractivity contribution in [3.63, 3.8) is 0 Å². The molecular formula is C34H46O8. The van der Waals surface area contributed by atoms with Crippen molar-refractivity contribution in [2.45, 2.75) is 102 Å². The van der Waals surface area contributed by atoms with Crippen LogP contribution in [0.2, 0.25) is 0 Å². The topological polar surface area (TPSA) is 73.8 Å². The molecular weight excluding hydrogens is 536 g/mol. The van der Waals surface area contributed by atoms with E-state index in [1.807, 2.05) is 68.5 Å². The van der Waals surface area contributed by atoms with Gasteiger partial charge < -0.3 is 37.9 Å². The number of methoxy groups -OCH3 is 2. The first-order valence-corrected chi connectivity index (χ1v) is 15.1. The van der Waals surface area contributed by atoms with E-state index in [1.54, 1.807) is 14.2 Å². The van der Waals surface area contributed by atoms with E-state index in [0.717, 1.165) is 54.7 Å². The van der Waals surface area contributed by atoms with E-state index < -0.39 is 18.4 Å². The van der Waals surface area contributed by atoms with Gasteiger partial charge in [0.15, 0.2) is 18.4 Å². The van der Waals surface area contributed by atoms with E-state index in [4.69, 9.17) is 37.9 Å². The SMILES string of the molecule is C=CC[C@@H]1OC(C)(C)O[C@H](C[C@H]2C[C@@H](C[C@@H]3CCO[C@H](c4ccc(OC)cc4)O3)O[C@@H](c3ccc(OC)cc3)O2)[C@H]1C. The zero-order chi connectivity index (χ0) is 29.7. The summed E-state index contributed by atoms with van der Waals surface area (Å²) in [6.45, 7) is 10.7. The predicted molar refractivity (Wildman–Crippen MR) is 158 cm³/mol. The summed E-state index contributed by atoms with van der Waals surface area (Å²) in [7, 11) is 3.33. The molecule has 2 aromatic rings. The van der Waals surface area contributed by atoms with Crippen molar-refractivity contribution >= 4 is 0 Å². The number of ether oxygens (including phenoxy) is 8. The minimum Gasteiger partial charge on any atom is -0.497 e. The highest BCUT2D eigenvalue weighted by atomic mass is 16.7. The van der Waals surface area contributed by atoms with E-state index in [-0.39, 0.29) is 36.4 Å². The Hall–Kier alpha value is -2.46. The fraction of sp³-hybridized carbons (Fsp3) is 0.588. The molecule has 0 spiro atoms. The molecule has 0 radical (unpaired) electrons. The third-order valence-electron chi connectivity index (χ3n) is 8.42. The zero-order valence-electron chi connectivity index (χ0n) is 25.5. The van der Waals surface area contributed by atoms with Crippen LogP contribution in [0.4, 0.5) is 0 Å². The second kappa shape index (κ2) is 13.9. The van der Waals surface area contributed by atoms with Crippen molar-refractivity contribution in [2.75, 3.05) is 20.8 Å². The third-order valence-corrected chi connectivity index (χ3v) is 8.42. The molecule has 0 amide bonds.